The summed E-state index contributed by atoms with van der Waals surface area (Å²) in [5.74, 6) is -4.70. The van der Waals surface area contributed by atoms with Gasteiger partial charge in [-0.3, -0.25) is 0 Å². The molecule has 3 nitrogen and oxygen atoms in total. The number of rotatable bonds is 2. The summed E-state index contributed by atoms with van der Waals surface area (Å²) in [6, 6.07) is 11.7. The maximum atomic E-state index is 14.1. The number of aliphatic hydroxyl groups is 1. The molecule has 2 aromatic carbocycles. The van der Waals surface area contributed by atoms with E-state index in [0.717, 1.165) is 12.1 Å². The fourth-order valence-corrected chi connectivity index (χ4v) is 2.60. The van der Waals surface area contributed by atoms with E-state index in [9.17, 15) is 18.7 Å². The molecule has 0 radical (unpaired) electrons. The van der Waals surface area contributed by atoms with Crippen molar-refractivity contribution in [2.24, 2.45) is 0 Å². The van der Waals surface area contributed by atoms with Crippen LogP contribution in [0.3, 0.4) is 0 Å². The van der Waals surface area contributed by atoms with Crippen molar-refractivity contribution >= 4 is 17.1 Å². The van der Waals surface area contributed by atoms with Crippen molar-refractivity contribution in [3.8, 4) is 0 Å². The lowest BCUT2D eigenvalue weighted by molar-refractivity contribution is -0.169. The second-order valence-electron chi connectivity index (χ2n) is 5.09. The van der Waals surface area contributed by atoms with E-state index in [1.165, 1.54) is 13.0 Å². The van der Waals surface area contributed by atoms with Crippen LogP contribution in [0.15, 0.2) is 48.5 Å². The van der Waals surface area contributed by atoms with Crippen molar-refractivity contribution in [1.82, 2.24) is 0 Å². The van der Waals surface area contributed by atoms with Crippen molar-refractivity contribution in [3.05, 3.63) is 71.3 Å². The first-order valence-corrected chi connectivity index (χ1v) is 6.62. The molecule has 0 aromatic heterocycles. The Kier molecular flexibility index (Phi) is 3.30. The van der Waals surface area contributed by atoms with Crippen LogP contribution in [0.4, 0.5) is 8.78 Å². The fraction of sp³-hybridized carbons (Fsp3) is 0.118. The van der Waals surface area contributed by atoms with Gasteiger partial charge in [0.1, 0.15) is 11.6 Å². The van der Waals surface area contributed by atoms with Gasteiger partial charge in [-0.05, 0) is 17.7 Å². The van der Waals surface area contributed by atoms with E-state index in [1.807, 2.05) is 0 Å². The summed E-state index contributed by atoms with van der Waals surface area (Å²) in [6.45, 7) is 1.26. The molecule has 0 aliphatic carbocycles. The van der Waals surface area contributed by atoms with Gasteiger partial charge in [-0.2, -0.15) is 0 Å². The minimum atomic E-state index is -1.96. The summed E-state index contributed by atoms with van der Waals surface area (Å²) in [5.41, 5.74) is -0.297. The lowest BCUT2D eigenvalue weighted by atomic mass is 9.91. The molecular weight excluding hydrogens is 290 g/mol. The summed E-state index contributed by atoms with van der Waals surface area (Å²) < 4.78 is 33.0. The topological polar surface area (TPSA) is 46.5 Å². The third-order valence-corrected chi connectivity index (χ3v) is 3.48. The molecule has 2 aromatic rings. The molecule has 0 saturated carbocycles. The Morgan fingerprint density at radius 2 is 1.59 bits per heavy atom. The van der Waals surface area contributed by atoms with Crippen LogP contribution in [0.5, 0.6) is 0 Å². The number of benzene rings is 2. The van der Waals surface area contributed by atoms with Crippen LogP contribution in [-0.4, -0.2) is 16.9 Å². The molecule has 1 atom stereocenters. The fourth-order valence-electron chi connectivity index (χ4n) is 2.60. The molecule has 0 unspecified atom stereocenters. The van der Waals surface area contributed by atoms with Gasteiger partial charge in [-0.1, -0.05) is 36.4 Å². The van der Waals surface area contributed by atoms with E-state index in [0.29, 0.717) is 5.56 Å². The highest BCUT2D eigenvalue weighted by molar-refractivity contribution is 6.28. The van der Waals surface area contributed by atoms with Crippen molar-refractivity contribution in [2.45, 2.75) is 12.7 Å². The molecule has 0 saturated heterocycles. The maximum absolute atomic E-state index is 14.1. The van der Waals surface area contributed by atoms with Gasteiger partial charge < -0.3 is 9.84 Å². The Morgan fingerprint density at radius 3 is 2.18 bits per heavy atom. The van der Waals surface area contributed by atoms with Gasteiger partial charge in [0.15, 0.2) is 0 Å². The van der Waals surface area contributed by atoms with E-state index in [2.05, 4.69) is 0 Å². The average Bonchev–Trinajstić information content (AvgIpc) is 2.69. The molecule has 22 heavy (non-hydrogen) atoms. The van der Waals surface area contributed by atoms with Crippen LogP contribution in [0.25, 0.3) is 11.1 Å². The highest BCUT2D eigenvalue weighted by Crippen LogP contribution is 2.43. The third-order valence-electron chi connectivity index (χ3n) is 3.48. The van der Waals surface area contributed by atoms with Gasteiger partial charge in [0.2, 0.25) is 5.79 Å². The number of cyclic esters (lactones) is 1. The minimum absolute atomic E-state index is 0.0436. The number of carbonyl (C=O) groups excluding carboxylic acids is 1. The van der Waals surface area contributed by atoms with Crippen LogP contribution in [0.1, 0.15) is 18.1 Å². The van der Waals surface area contributed by atoms with Crippen LogP contribution in [0.2, 0.25) is 0 Å². The van der Waals surface area contributed by atoms with Crippen LogP contribution in [0, 0.1) is 11.6 Å². The smallest absolute Gasteiger partial charge is 0.342 e. The Labute approximate surface area is 125 Å². The van der Waals surface area contributed by atoms with Crippen LogP contribution in [-0.2, 0) is 9.53 Å². The monoisotopic (exact) mass is 302 g/mol. The standard InChI is InChI=1S/C17H12F2O3/c1-17(21)15(10-6-3-2-4-7-10)14(16(20)22-17)13-11(18)8-5-9-12(13)19/h2-9,21H,1H3/t17-/m1/s1. The van der Waals surface area contributed by atoms with Gasteiger partial charge in [-0.15, -0.1) is 0 Å². The van der Waals surface area contributed by atoms with Gasteiger partial charge in [0.05, 0.1) is 11.1 Å². The lowest BCUT2D eigenvalue weighted by Crippen LogP contribution is -2.26. The summed E-state index contributed by atoms with van der Waals surface area (Å²) in [5, 5.41) is 10.3. The van der Waals surface area contributed by atoms with Crippen molar-refractivity contribution in [2.75, 3.05) is 0 Å². The Bertz CT molecular complexity index is 759. The lowest BCUT2D eigenvalue weighted by Gasteiger charge is -2.19. The largest absolute Gasteiger partial charge is 0.425 e. The predicted molar refractivity (Wildman–Crippen MR) is 76.3 cm³/mol. The summed E-state index contributed by atoms with van der Waals surface area (Å²) in [4.78, 5) is 12.1. The maximum Gasteiger partial charge on any atom is 0.342 e. The molecular formula is C17H12F2O3. The van der Waals surface area contributed by atoms with Crippen LogP contribution < -0.4 is 0 Å². The Balaban J connectivity index is 2.36. The zero-order valence-electron chi connectivity index (χ0n) is 11.6. The van der Waals surface area contributed by atoms with Crippen molar-refractivity contribution in [1.29, 1.82) is 0 Å². The van der Waals surface area contributed by atoms with E-state index in [1.54, 1.807) is 30.3 Å². The molecule has 1 aliphatic heterocycles. The zero-order valence-corrected chi connectivity index (χ0v) is 11.6. The number of hydrogen-bond donors (Lipinski definition) is 1. The normalized spacial score (nSPS) is 21.2. The third kappa shape index (κ3) is 2.19. The first-order chi connectivity index (χ1) is 10.4. The van der Waals surface area contributed by atoms with Gasteiger partial charge in [0, 0.05) is 12.5 Å². The van der Waals surface area contributed by atoms with Gasteiger partial charge >= 0.3 is 5.97 Å². The van der Waals surface area contributed by atoms with Crippen molar-refractivity contribution < 1.29 is 23.4 Å². The second-order valence-corrected chi connectivity index (χ2v) is 5.09. The molecule has 112 valence electrons. The molecule has 0 amide bonds. The molecule has 1 N–H and O–H groups in total. The number of ether oxygens (including phenoxy) is 1. The summed E-state index contributed by atoms with van der Waals surface area (Å²) >= 11 is 0. The number of esters is 1. The number of halogens is 2. The predicted octanol–water partition coefficient (Wildman–Crippen LogP) is 3.14. The quantitative estimate of drug-likeness (QED) is 0.867. The van der Waals surface area contributed by atoms with Gasteiger partial charge in [-0.25, -0.2) is 13.6 Å². The van der Waals surface area contributed by atoms with E-state index in [-0.39, 0.29) is 11.1 Å². The summed E-state index contributed by atoms with van der Waals surface area (Å²) in [7, 11) is 0. The van der Waals surface area contributed by atoms with Crippen LogP contribution >= 0.6 is 0 Å². The molecule has 0 spiro atoms. The first kappa shape index (κ1) is 14.4. The van der Waals surface area contributed by atoms with E-state index < -0.39 is 29.0 Å². The minimum Gasteiger partial charge on any atom is -0.425 e. The molecule has 0 bridgehead atoms. The second kappa shape index (κ2) is 5.03. The van der Waals surface area contributed by atoms with Crippen molar-refractivity contribution in [3.63, 3.8) is 0 Å². The Morgan fingerprint density at radius 1 is 1.00 bits per heavy atom. The number of carbonyl (C=O) groups is 1. The SMILES string of the molecule is C[C@@]1(O)OC(=O)C(c2c(F)cccc2F)=C1c1ccccc1. The first-order valence-electron chi connectivity index (χ1n) is 6.62. The van der Waals surface area contributed by atoms with E-state index >= 15 is 0 Å². The van der Waals surface area contributed by atoms with E-state index in [4.69, 9.17) is 4.74 Å². The molecule has 1 heterocycles. The molecule has 1 aliphatic rings. The number of hydrogen-bond acceptors (Lipinski definition) is 3. The Hall–Kier alpha value is -2.53. The van der Waals surface area contributed by atoms with Gasteiger partial charge in [0.25, 0.3) is 0 Å². The molecule has 5 heteroatoms. The summed E-state index contributed by atoms with van der Waals surface area (Å²) in [6.07, 6.45) is 0. The average molecular weight is 302 g/mol. The highest BCUT2D eigenvalue weighted by atomic mass is 19.1. The highest BCUT2D eigenvalue weighted by Gasteiger charge is 2.45. The molecule has 3 rings (SSSR count). The zero-order chi connectivity index (χ0) is 15.9. The molecule has 0 fully saturated rings.